The van der Waals surface area contributed by atoms with Gasteiger partial charge in [0.1, 0.15) is 24.2 Å². The number of carbonyl (C=O) groups is 2. The Kier molecular flexibility index (Phi) is 8.96. The molecule has 0 spiro atoms. The van der Waals surface area contributed by atoms with E-state index in [2.05, 4.69) is 5.32 Å². The van der Waals surface area contributed by atoms with Gasteiger partial charge in [-0.3, -0.25) is 13.9 Å². The zero-order chi connectivity index (χ0) is 28.0. The van der Waals surface area contributed by atoms with Crippen LogP contribution in [0.3, 0.4) is 0 Å². The van der Waals surface area contributed by atoms with Gasteiger partial charge in [-0.25, -0.2) is 17.2 Å². The fraction of sp³-hybridized carbons (Fsp3) is 0.310. The number of para-hydroxylation sites is 1. The van der Waals surface area contributed by atoms with E-state index in [9.17, 15) is 26.8 Å². The zero-order valence-corrected chi connectivity index (χ0v) is 22.4. The van der Waals surface area contributed by atoms with Crippen molar-refractivity contribution < 1.29 is 26.8 Å². The molecule has 1 fully saturated rings. The van der Waals surface area contributed by atoms with Gasteiger partial charge in [-0.15, -0.1) is 0 Å². The first-order chi connectivity index (χ1) is 18.7. The molecular formula is C29H31F2N3O4S. The third-order valence-corrected chi connectivity index (χ3v) is 8.68. The topological polar surface area (TPSA) is 86.8 Å². The van der Waals surface area contributed by atoms with E-state index in [4.69, 9.17) is 0 Å². The lowest BCUT2D eigenvalue weighted by molar-refractivity contribution is -0.139. The highest BCUT2D eigenvalue weighted by Gasteiger charge is 2.33. The molecule has 3 aromatic rings. The van der Waals surface area contributed by atoms with Gasteiger partial charge in [0.15, 0.2) is 0 Å². The minimum absolute atomic E-state index is 0.00466. The summed E-state index contributed by atoms with van der Waals surface area (Å²) in [5.41, 5.74) is 0.406. The average Bonchev–Trinajstić information content (AvgIpc) is 3.44. The molecule has 7 nitrogen and oxygen atoms in total. The predicted octanol–water partition coefficient (Wildman–Crippen LogP) is 4.64. The van der Waals surface area contributed by atoms with Crippen molar-refractivity contribution in [1.29, 1.82) is 0 Å². The number of hydrogen-bond donors (Lipinski definition) is 1. The number of carbonyl (C=O) groups excluding carboxylic acids is 2. The lowest BCUT2D eigenvalue weighted by atomic mass is 10.1. The van der Waals surface area contributed by atoms with Crippen molar-refractivity contribution >= 4 is 27.5 Å². The number of sulfonamides is 1. The highest BCUT2D eigenvalue weighted by atomic mass is 32.2. The molecule has 0 heterocycles. The van der Waals surface area contributed by atoms with Crippen molar-refractivity contribution in [3.05, 3.63) is 96.1 Å². The van der Waals surface area contributed by atoms with Crippen LogP contribution in [-0.4, -0.2) is 43.8 Å². The van der Waals surface area contributed by atoms with Crippen LogP contribution in [0.25, 0.3) is 0 Å². The normalized spacial score (nSPS) is 14.5. The number of hydrogen-bond acceptors (Lipinski definition) is 4. The summed E-state index contributed by atoms with van der Waals surface area (Å²) in [6.45, 7) is 0.660. The molecule has 1 saturated carbocycles. The van der Waals surface area contributed by atoms with Gasteiger partial charge in [0, 0.05) is 18.2 Å². The van der Waals surface area contributed by atoms with Crippen molar-refractivity contribution in [1.82, 2.24) is 10.2 Å². The number of halogens is 2. The third kappa shape index (κ3) is 6.81. The summed E-state index contributed by atoms with van der Waals surface area (Å²) in [5, 5.41) is 2.97. The molecule has 0 saturated heterocycles. The Bertz CT molecular complexity index is 1400. The third-order valence-electron chi connectivity index (χ3n) is 6.89. The van der Waals surface area contributed by atoms with E-state index in [1.165, 1.54) is 35.2 Å². The molecule has 0 aromatic heterocycles. The van der Waals surface area contributed by atoms with Crippen molar-refractivity contribution in [3.63, 3.8) is 0 Å². The second kappa shape index (κ2) is 12.4. The Hall–Kier alpha value is -3.79. The van der Waals surface area contributed by atoms with Gasteiger partial charge >= 0.3 is 0 Å². The van der Waals surface area contributed by atoms with Crippen LogP contribution in [0.2, 0.25) is 0 Å². The smallest absolute Gasteiger partial charge is 0.264 e. The Labute approximate surface area is 227 Å². The van der Waals surface area contributed by atoms with E-state index in [-0.39, 0.29) is 34.6 Å². The maximum absolute atomic E-state index is 14.6. The van der Waals surface area contributed by atoms with Gasteiger partial charge in [-0.1, -0.05) is 49.2 Å². The number of anilines is 1. The molecule has 0 aliphatic heterocycles. The molecule has 0 bridgehead atoms. The number of amides is 2. The maximum Gasteiger partial charge on any atom is 0.264 e. The first-order valence-electron chi connectivity index (χ1n) is 12.8. The SMILES string of the molecule is C[C@H](C(=O)NC1CCCC1)N(Cc1ccccc1F)C(=O)CN(c1ccccc1)S(=O)(=O)c1ccc(F)cc1. The van der Waals surface area contributed by atoms with Crippen LogP contribution in [0, 0.1) is 11.6 Å². The number of nitrogens with zero attached hydrogens (tertiary/aromatic N) is 2. The summed E-state index contributed by atoms with van der Waals surface area (Å²) in [6, 6.07) is 17.3. The summed E-state index contributed by atoms with van der Waals surface area (Å²) in [6.07, 6.45) is 3.70. The van der Waals surface area contributed by atoms with E-state index >= 15 is 0 Å². The standard InChI is InChI=1S/C29H31F2N3O4S/c1-21(29(36)32-24-10-6-7-11-24)33(19-22-9-5-8-14-27(22)31)28(35)20-34(25-12-3-2-4-13-25)39(37,38)26-17-15-23(30)16-18-26/h2-5,8-9,12-18,21,24H,6-7,10-11,19-20H2,1H3,(H,32,36)/t21-/m1/s1. The predicted molar refractivity (Wildman–Crippen MR) is 144 cm³/mol. The fourth-order valence-electron chi connectivity index (χ4n) is 4.64. The van der Waals surface area contributed by atoms with Gasteiger partial charge < -0.3 is 10.2 Å². The van der Waals surface area contributed by atoms with Crippen LogP contribution in [-0.2, 0) is 26.2 Å². The molecule has 1 N–H and O–H groups in total. The van der Waals surface area contributed by atoms with E-state index < -0.39 is 40.2 Å². The second-order valence-electron chi connectivity index (χ2n) is 9.58. The second-order valence-corrected chi connectivity index (χ2v) is 11.4. The Morgan fingerprint density at radius 1 is 0.923 bits per heavy atom. The van der Waals surface area contributed by atoms with Crippen LogP contribution in [0.5, 0.6) is 0 Å². The Morgan fingerprint density at radius 2 is 1.54 bits per heavy atom. The fourth-order valence-corrected chi connectivity index (χ4v) is 6.06. The van der Waals surface area contributed by atoms with Crippen LogP contribution >= 0.6 is 0 Å². The van der Waals surface area contributed by atoms with E-state index in [1.54, 1.807) is 31.2 Å². The molecule has 0 radical (unpaired) electrons. The van der Waals surface area contributed by atoms with Crippen molar-refractivity contribution in [3.8, 4) is 0 Å². The molecule has 0 unspecified atom stereocenters. The summed E-state index contributed by atoms with van der Waals surface area (Å²) >= 11 is 0. The highest BCUT2D eigenvalue weighted by Crippen LogP contribution is 2.25. The number of rotatable bonds is 10. The summed E-state index contributed by atoms with van der Waals surface area (Å²) in [4.78, 5) is 28.0. The summed E-state index contributed by atoms with van der Waals surface area (Å²) < 4.78 is 56.3. The molecule has 2 amide bonds. The molecule has 206 valence electrons. The molecule has 1 atom stereocenters. The molecule has 4 rings (SSSR count). The molecule has 3 aromatic carbocycles. The number of nitrogens with one attached hydrogen (secondary N) is 1. The zero-order valence-electron chi connectivity index (χ0n) is 21.6. The van der Waals surface area contributed by atoms with Crippen LogP contribution in [0.1, 0.15) is 38.2 Å². The molecule has 10 heteroatoms. The van der Waals surface area contributed by atoms with E-state index in [1.807, 2.05) is 0 Å². The van der Waals surface area contributed by atoms with Crippen molar-refractivity contribution in [2.24, 2.45) is 0 Å². The van der Waals surface area contributed by atoms with Gasteiger partial charge in [0.25, 0.3) is 10.0 Å². The van der Waals surface area contributed by atoms with Crippen LogP contribution < -0.4 is 9.62 Å². The minimum atomic E-state index is -4.30. The lowest BCUT2D eigenvalue weighted by Crippen LogP contribution is -2.52. The molecule has 39 heavy (non-hydrogen) atoms. The Balaban J connectivity index is 1.67. The monoisotopic (exact) mass is 555 g/mol. The van der Waals surface area contributed by atoms with Gasteiger partial charge in [-0.05, 0) is 62.2 Å². The summed E-state index contributed by atoms with van der Waals surface area (Å²) in [7, 11) is -4.30. The van der Waals surface area contributed by atoms with Crippen LogP contribution in [0.15, 0.2) is 83.8 Å². The summed E-state index contributed by atoms with van der Waals surface area (Å²) in [5.74, 6) is -2.23. The van der Waals surface area contributed by atoms with Gasteiger partial charge in [0.05, 0.1) is 10.6 Å². The van der Waals surface area contributed by atoms with E-state index in [0.717, 1.165) is 54.3 Å². The average molecular weight is 556 g/mol. The Morgan fingerprint density at radius 3 is 2.18 bits per heavy atom. The highest BCUT2D eigenvalue weighted by molar-refractivity contribution is 7.92. The van der Waals surface area contributed by atoms with Gasteiger partial charge in [-0.2, -0.15) is 0 Å². The van der Waals surface area contributed by atoms with Crippen molar-refractivity contribution in [2.45, 2.75) is 56.1 Å². The first kappa shape index (κ1) is 28.2. The molecule has 1 aliphatic carbocycles. The van der Waals surface area contributed by atoms with E-state index in [0.29, 0.717) is 0 Å². The first-order valence-corrected chi connectivity index (χ1v) is 14.3. The lowest BCUT2D eigenvalue weighted by Gasteiger charge is -2.32. The molecular weight excluding hydrogens is 524 g/mol. The number of benzene rings is 3. The molecule has 1 aliphatic rings. The van der Waals surface area contributed by atoms with Gasteiger partial charge in [0.2, 0.25) is 11.8 Å². The van der Waals surface area contributed by atoms with Crippen LogP contribution in [0.4, 0.5) is 14.5 Å². The minimum Gasteiger partial charge on any atom is -0.352 e. The quantitative estimate of drug-likeness (QED) is 0.395. The maximum atomic E-state index is 14.6. The largest absolute Gasteiger partial charge is 0.352 e. The van der Waals surface area contributed by atoms with Crippen molar-refractivity contribution in [2.75, 3.05) is 10.8 Å².